The van der Waals surface area contributed by atoms with Crippen molar-refractivity contribution >= 4 is 5.91 Å². The van der Waals surface area contributed by atoms with Crippen LogP contribution in [0.15, 0.2) is 0 Å². The zero-order chi connectivity index (χ0) is 12.3. The topological polar surface area (TPSA) is 41.6 Å². The van der Waals surface area contributed by atoms with Crippen LogP contribution in [0.1, 0.15) is 46.0 Å². The molecule has 1 amide bonds. The summed E-state index contributed by atoms with van der Waals surface area (Å²) < 4.78 is 5.70. The molecule has 98 valence electrons. The molecule has 4 heteroatoms. The molecule has 0 bridgehead atoms. The van der Waals surface area contributed by atoms with E-state index in [0.717, 1.165) is 32.4 Å². The van der Waals surface area contributed by atoms with Gasteiger partial charge in [-0.05, 0) is 39.0 Å². The maximum atomic E-state index is 12.0. The lowest BCUT2D eigenvalue weighted by Crippen LogP contribution is -2.37. The molecule has 0 aliphatic carbocycles. The van der Waals surface area contributed by atoms with Crippen LogP contribution in [-0.2, 0) is 9.53 Å². The molecule has 2 aliphatic heterocycles. The molecule has 1 N–H and O–H groups in total. The van der Waals surface area contributed by atoms with Gasteiger partial charge in [-0.3, -0.25) is 10.1 Å². The summed E-state index contributed by atoms with van der Waals surface area (Å²) in [5, 5.41) is 3.33. The van der Waals surface area contributed by atoms with Gasteiger partial charge in [0.25, 0.3) is 0 Å². The molecule has 3 unspecified atom stereocenters. The van der Waals surface area contributed by atoms with Crippen molar-refractivity contribution in [3.05, 3.63) is 0 Å². The molecule has 2 aliphatic rings. The highest BCUT2D eigenvalue weighted by Crippen LogP contribution is 2.19. The van der Waals surface area contributed by atoms with Crippen LogP contribution in [0.25, 0.3) is 0 Å². The summed E-state index contributed by atoms with van der Waals surface area (Å²) in [4.78, 5) is 14.0. The van der Waals surface area contributed by atoms with Crippen molar-refractivity contribution in [3.8, 4) is 0 Å². The lowest BCUT2D eigenvalue weighted by Gasteiger charge is -2.26. The fraction of sp³-hybridized carbons (Fsp3) is 0.923. The second-order valence-electron chi connectivity index (χ2n) is 5.11. The van der Waals surface area contributed by atoms with Crippen molar-refractivity contribution in [3.63, 3.8) is 0 Å². The van der Waals surface area contributed by atoms with Gasteiger partial charge in [0.2, 0.25) is 5.91 Å². The van der Waals surface area contributed by atoms with Gasteiger partial charge in [0, 0.05) is 13.2 Å². The van der Waals surface area contributed by atoms with E-state index in [0.29, 0.717) is 6.10 Å². The maximum absolute atomic E-state index is 12.0. The fourth-order valence-electron chi connectivity index (χ4n) is 2.76. The third kappa shape index (κ3) is 2.99. The summed E-state index contributed by atoms with van der Waals surface area (Å²) in [6.45, 7) is 5.84. The predicted molar refractivity (Wildman–Crippen MR) is 66.6 cm³/mol. The molecule has 3 atom stereocenters. The number of hydrogen-bond acceptors (Lipinski definition) is 3. The van der Waals surface area contributed by atoms with Crippen LogP contribution in [0.4, 0.5) is 0 Å². The Morgan fingerprint density at radius 1 is 1.47 bits per heavy atom. The van der Waals surface area contributed by atoms with Crippen molar-refractivity contribution in [2.75, 3.05) is 13.2 Å². The molecule has 2 fully saturated rings. The van der Waals surface area contributed by atoms with Crippen LogP contribution in [-0.4, -0.2) is 42.3 Å². The Morgan fingerprint density at radius 2 is 2.29 bits per heavy atom. The van der Waals surface area contributed by atoms with Crippen molar-refractivity contribution < 1.29 is 9.53 Å². The molecule has 0 spiro atoms. The number of amides is 1. The highest BCUT2D eigenvalue weighted by Gasteiger charge is 2.35. The second kappa shape index (κ2) is 5.83. The second-order valence-corrected chi connectivity index (χ2v) is 5.11. The van der Waals surface area contributed by atoms with Gasteiger partial charge >= 0.3 is 0 Å². The van der Waals surface area contributed by atoms with E-state index < -0.39 is 0 Å². The third-order valence-electron chi connectivity index (χ3n) is 3.87. The zero-order valence-corrected chi connectivity index (χ0v) is 10.9. The molecule has 2 rings (SSSR count). The Kier molecular flexibility index (Phi) is 4.40. The lowest BCUT2D eigenvalue weighted by molar-refractivity contribution is -0.130. The van der Waals surface area contributed by atoms with Crippen LogP contribution >= 0.6 is 0 Å². The molecule has 4 nitrogen and oxygen atoms in total. The van der Waals surface area contributed by atoms with Crippen LogP contribution < -0.4 is 5.32 Å². The SMILES string of the molecule is CCC1NC(C)N(CCC2CCCCO2)C1=O. The van der Waals surface area contributed by atoms with E-state index >= 15 is 0 Å². The normalized spacial score (nSPS) is 34.4. The van der Waals surface area contributed by atoms with Crippen LogP contribution in [0.3, 0.4) is 0 Å². The third-order valence-corrected chi connectivity index (χ3v) is 3.87. The first-order valence-electron chi connectivity index (χ1n) is 6.90. The molecule has 0 aromatic rings. The van der Waals surface area contributed by atoms with Crippen molar-refractivity contribution in [1.29, 1.82) is 0 Å². The Bertz CT molecular complexity index is 264. The summed E-state index contributed by atoms with van der Waals surface area (Å²) in [5.41, 5.74) is 0. The number of nitrogens with one attached hydrogen (secondary N) is 1. The van der Waals surface area contributed by atoms with Gasteiger partial charge in [-0.15, -0.1) is 0 Å². The summed E-state index contributed by atoms with van der Waals surface area (Å²) >= 11 is 0. The highest BCUT2D eigenvalue weighted by molar-refractivity contribution is 5.84. The van der Waals surface area contributed by atoms with Gasteiger partial charge in [0.05, 0.1) is 18.3 Å². The van der Waals surface area contributed by atoms with Gasteiger partial charge in [-0.25, -0.2) is 0 Å². The molecule has 2 heterocycles. The van der Waals surface area contributed by atoms with Gasteiger partial charge < -0.3 is 9.64 Å². The first-order valence-corrected chi connectivity index (χ1v) is 6.90. The maximum Gasteiger partial charge on any atom is 0.240 e. The number of carbonyl (C=O) groups excluding carboxylic acids is 1. The number of rotatable bonds is 4. The van der Waals surface area contributed by atoms with Crippen molar-refractivity contribution in [2.24, 2.45) is 0 Å². The Hall–Kier alpha value is -0.610. The number of carbonyl (C=O) groups is 1. The largest absolute Gasteiger partial charge is 0.378 e. The lowest BCUT2D eigenvalue weighted by atomic mass is 10.1. The van der Waals surface area contributed by atoms with E-state index in [1.54, 1.807) is 0 Å². The molecule has 0 aromatic carbocycles. The molecule has 0 radical (unpaired) electrons. The number of nitrogens with zero attached hydrogens (tertiary/aromatic N) is 1. The van der Waals surface area contributed by atoms with Crippen LogP contribution in [0, 0.1) is 0 Å². The average molecular weight is 240 g/mol. The Morgan fingerprint density at radius 3 is 2.88 bits per heavy atom. The number of ether oxygens (including phenoxy) is 1. The van der Waals surface area contributed by atoms with Gasteiger partial charge in [0.1, 0.15) is 0 Å². The minimum atomic E-state index is 0.0253. The van der Waals surface area contributed by atoms with E-state index in [2.05, 4.69) is 19.2 Å². The van der Waals surface area contributed by atoms with Gasteiger partial charge in [-0.1, -0.05) is 6.92 Å². The highest BCUT2D eigenvalue weighted by atomic mass is 16.5. The zero-order valence-electron chi connectivity index (χ0n) is 10.9. The van der Waals surface area contributed by atoms with E-state index in [9.17, 15) is 4.79 Å². The molecular formula is C13H24N2O2. The fourth-order valence-corrected chi connectivity index (χ4v) is 2.76. The first kappa shape index (κ1) is 12.8. The van der Waals surface area contributed by atoms with E-state index in [4.69, 9.17) is 4.74 Å². The van der Waals surface area contributed by atoms with Crippen molar-refractivity contribution in [1.82, 2.24) is 10.2 Å². The van der Waals surface area contributed by atoms with Crippen molar-refractivity contribution in [2.45, 2.75) is 64.3 Å². The van der Waals surface area contributed by atoms with E-state index in [1.807, 2.05) is 4.90 Å². The molecule has 2 saturated heterocycles. The van der Waals surface area contributed by atoms with Gasteiger partial charge in [-0.2, -0.15) is 0 Å². The van der Waals surface area contributed by atoms with E-state index in [1.165, 1.54) is 12.8 Å². The summed E-state index contributed by atoms with van der Waals surface area (Å²) in [6, 6.07) is 0.0253. The minimum absolute atomic E-state index is 0.0253. The quantitative estimate of drug-likeness (QED) is 0.809. The number of hydrogen-bond donors (Lipinski definition) is 1. The molecule has 0 saturated carbocycles. The Labute approximate surface area is 104 Å². The standard InChI is InChI=1S/C13H24N2O2/c1-3-12-13(16)15(10(2)14-12)8-7-11-6-4-5-9-17-11/h10-12,14H,3-9H2,1-2H3. The van der Waals surface area contributed by atoms with Crippen LogP contribution in [0.2, 0.25) is 0 Å². The van der Waals surface area contributed by atoms with Gasteiger partial charge in [0.15, 0.2) is 0 Å². The summed E-state index contributed by atoms with van der Waals surface area (Å²) in [5.74, 6) is 0.260. The smallest absolute Gasteiger partial charge is 0.240 e. The summed E-state index contributed by atoms with van der Waals surface area (Å²) in [7, 11) is 0. The monoisotopic (exact) mass is 240 g/mol. The van der Waals surface area contributed by atoms with Crippen LogP contribution in [0.5, 0.6) is 0 Å². The average Bonchev–Trinajstić information content (AvgIpc) is 2.63. The van der Waals surface area contributed by atoms with E-state index in [-0.39, 0.29) is 18.1 Å². The summed E-state index contributed by atoms with van der Waals surface area (Å²) in [6.07, 6.45) is 6.01. The Balaban J connectivity index is 1.79. The predicted octanol–water partition coefficient (Wildman–Crippen LogP) is 1.50. The molecular weight excluding hydrogens is 216 g/mol. The molecule has 17 heavy (non-hydrogen) atoms. The minimum Gasteiger partial charge on any atom is -0.378 e. The molecule has 0 aromatic heterocycles. The first-order chi connectivity index (χ1) is 8.22.